The van der Waals surface area contributed by atoms with Crippen molar-refractivity contribution >= 4 is 23.8 Å². The van der Waals surface area contributed by atoms with E-state index in [-0.39, 0.29) is 6.61 Å². The monoisotopic (exact) mass is 559 g/mol. The number of benzene rings is 1. The van der Waals surface area contributed by atoms with Crippen molar-refractivity contribution in [1.29, 1.82) is 0 Å². The summed E-state index contributed by atoms with van der Waals surface area (Å²) in [6.45, 7) is -0.803. The second kappa shape index (κ2) is 9.74. The highest BCUT2D eigenvalue weighted by atomic mass is 79.9. The number of halogens is 1. The fourth-order valence-electron chi connectivity index (χ4n) is 3.58. The molecule has 0 saturated carbocycles. The molecule has 0 aliphatic carbocycles. The maximum absolute atomic E-state index is 13.1. The van der Waals surface area contributed by atoms with E-state index >= 15 is 0 Å². The number of ether oxygens (including phenoxy) is 1. The van der Waals surface area contributed by atoms with Crippen LogP contribution >= 0.6 is 23.8 Å². The maximum atomic E-state index is 13.1. The Morgan fingerprint density at radius 3 is 2.74 bits per heavy atom. The topological polar surface area (TPSA) is 198 Å². The molecule has 6 atom stereocenters. The van der Waals surface area contributed by atoms with E-state index in [2.05, 4.69) is 26.0 Å². The normalized spacial score (nSPS) is 33.4. The van der Waals surface area contributed by atoms with Crippen molar-refractivity contribution in [3.8, 4) is 0 Å². The summed E-state index contributed by atoms with van der Waals surface area (Å²) < 4.78 is 36.4. The summed E-state index contributed by atoms with van der Waals surface area (Å²) in [5.41, 5.74) is 5.84. The Balaban J connectivity index is 1.55. The fourth-order valence-corrected chi connectivity index (χ4v) is 5.25. The van der Waals surface area contributed by atoms with Crippen molar-refractivity contribution in [2.75, 3.05) is 13.2 Å². The predicted octanol–water partition coefficient (Wildman–Crippen LogP) is 1.86. The number of aliphatic hydroxyl groups is 2. The first kappa shape index (κ1) is 24.8. The van der Waals surface area contributed by atoms with Crippen LogP contribution in [0.15, 0.2) is 55.7 Å². The molecule has 3 N–H and O–H groups in total. The van der Waals surface area contributed by atoms with Gasteiger partial charge < -0.3 is 14.9 Å². The molecule has 34 heavy (non-hydrogen) atoms. The molecule has 0 bridgehead atoms. The number of aromatic nitrogens is 2. The lowest BCUT2D eigenvalue weighted by Crippen LogP contribution is -2.45. The highest BCUT2D eigenvalue weighted by molar-refractivity contribution is 9.10. The van der Waals surface area contributed by atoms with Gasteiger partial charge in [0, 0.05) is 28.1 Å². The largest absolute Gasteiger partial charge is 0.475 e. The number of aliphatic hydroxyl groups excluding tert-OH is 2. The molecule has 0 spiro atoms. The summed E-state index contributed by atoms with van der Waals surface area (Å²) in [5, 5.41) is 24.5. The number of azide groups is 1. The lowest BCUT2D eigenvalue weighted by molar-refractivity contribution is -0.127. The smallest absolute Gasteiger partial charge is 0.387 e. The highest BCUT2D eigenvalue weighted by Crippen LogP contribution is 2.58. The van der Waals surface area contributed by atoms with Gasteiger partial charge in [-0.1, -0.05) is 33.2 Å². The Bertz CT molecular complexity index is 1260. The summed E-state index contributed by atoms with van der Waals surface area (Å²) in [7, 11) is -4.20. The third-order valence-corrected chi connectivity index (χ3v) is 7.28. The molecule has 1 aromatic heterocycles. The summed E-state index contributed by atoms with van der Waals surface area (Å²) in [6.07, 6.45) is -4.42. The van der Waals surface area contributed by atoms with E-state index in [9.17, 15) is 24.4 Å². The lowest BCUT2D eigenvalue weighted by Gasteiger charge is -2.32. The average Bonchev–Trinajstić information content (AvgIpc) is 3.04. The summed E-state index contributed by atoms with van der Waals surface area (Å²) in [5.74, 6) is 0. The van der Waals surface area contributed by atoms with Gasteiger partial charge in [0.2, 0.25) is 5.72 Å². The SMILES string of the molecule is [N-]=[N+]=N[C@]1(CO[P@]2(=O)OCC[C@H](c3ccc(Br)cc3)O2)O[C@@H](n2ccc(=O)[nH]c2=O)[C@H](O)[C@@H]1O. The van der Waals surface area contributed by atoms with Crippen LogP contribution in [0, 0.1) is 0 Å². The van der Waals surface area contributed by atoms with Crippen molar-refractivity contribution < 1.29 is 33.1 Å². The number of hydrogen-bond acceptors (Lipinski definition) is 10. The number of aromatic amines is 1. The van der Waals surface area contributed by atoms with Crippen LogP contribution in [0.1, 0.15) is 24.3 Å². The van der Waals surface area contributed by atoms with Crippen LogP contribution in [0.2, 0.25) is 0 Å². The predicted molar refractivity (Wildman–Crippen MR) is 117 cm³/mol. The molecular weight excluding hydrogens is 541 g/mol. The quantitative estimate of drug-likeness (QED) is 0.204. The van der Waals surface area contributed by atoms with Gasteiger partial charge in [-0.25, -0.2) is 9.36 Å². The average molecular weight is 560 g/mol. The van der Waals surface area contributed by atoms with Crippen LogP contribution in [0.25, 0.3) is 10.4 Å². The van der Waals surface area contributed by atoms with Crippen LogP contribution in [0.5, 0.6) is 0 Å². The van der Waals surface area contributed by atoms with Gasteiger partial charge in [0.1, 0.15) is 12.2 Å². The Morgan fingerprint density at radius 1 is 1.32 bits per heavy atom. The van der Waals surface area contributed by atoms with Crippen molar-refractivity contribution in [1.82, 2.24) is 9.55 Å². The van der Waals surface area contributed by atoms with Crippen LogP contribution in [-0.2, 0) is 22.9 Å². The molecule has 2 aromatic rings. The van der Waals surface area contributed by atoms with E-state index in [0.29, 0.717) is 6.42 Å². The van der Waals surface area contributed by atoms with Gasteiger partial charge in [0.15, 0.2) is 6.23 Å². The summed E-state index contributed by atoms with van der Waals surface area (Å²) in [4.78, 5) is 28.0. The van der Waals surface area contributed by atoms with Crippen LogP contribution in [0.4, 0.5) is 0 Å². The van der Waals surface area contributed by atoms with Gasteiger partial charge in [-0.2, -0.15) is 0 Å². The van der Waals surface area contributed by atoms with Crippen molar-refractivity contribution in [2.45, 2.75) is 36.7 Å². The first-order chi connectivity index (χ1) is 16.2. The van der Waals surface area contributed by atoms with Gasteiger partial charge in [-0.05, 0) is 23.2 Å². The molecule has 2 fully saturated rings. The van der Waals surface area contributed by atoms with Crippen molar-refractivity contribution in [3.63, 3.8) is 0 Å². The third kappa shape index (κ3) is 4.89. The number of H-pyrrole nitrogens is 1. The number of nitrogens with one attached hydrogen (secondary N) is 1. The van der Waals surface area contributed by atoms with E-state index in [0.717, 1.165) is 26.9 Å². The number of phosphoric acid groups is 1. The van der Waals surface area contributed by atoms with E-state index in [1.807, 2.05) is 4.98 Å². The molecule has 182 valence electrons. The molecule has 0 radical (unpaired) electrons. The number of nitrogens with zero attached hydrogens (tertiary/aromatic N) is 4. The maximum Gasteiger partial charge on any atom is 0.475 e. The zero-order valence-corrected chi connectivity index (χ0v) is 19.7. The van der Waals surface area contributed by atoms with Crippen LogP contribution in [0.3, 0.4) is 0 Å². The molecule has 2 aliphatic heterocycles. The molecule has 14 nitrogen and oxygen atoms in total. The third-order valence-electron chi connectivity index (χ3n) is 5.30. The van der Waals surface area contributed by atoms with E-state index in [1.54, 1.807) is 24.3 Å². The number of phosphoric ester groups is 1. The minimum Gasteiger partial charge on any atom is -0.387 e. The van der Waals surface area contributed by atoms with Gasteiger partial charge in [0.05, 0.1) is 19.3 Å². The standard InChI is InChI=1S/C18H19BrN5O9P/c19-11-3-1-10(2-4-11)12-6-8-30-34(29,33-12)31-9-18(22-23-20)15(27)14(26)16(32-18)24-7-5-13(25)21-17(24)28/h1-5,7,12,14-16,26-27H,6,8-9H2,(H,21,25,28)/t12-,14-,15+,16-,18-,34+/m1/s1. The Hall–Kier alpha value is -2.32. The molecule has 3 heterocycles. The van der Waals surface area contributed by atoms with Crippen molar-refractivity contribution in [3.05, 3.63) is 77.8 Å². The van der Waals surface area contributed by atoms with Gasteiger partial charge >= 0.3 is 13.5 Å². The summed E-state index contributed by atoms with van der Waals surface area (Å²) >= 11 is 3.33. The molecule has 16 heteroatoms. The summed E-state index contributed by atoms with van der Waals surface area (Å²) in [6, 6.07) is 8.13. The second-order valence-electron chi connectivity index (χ2n) is 7.48. The van der Waals surface area contributed by atoms with Gasteiger partial charge in [-0.3, -0.25) is 27.9 Å². The van der Waals surface area contributed by atoms with Crippen LogP contribution in [-0.4, -0.2) is 50.9 Å². The van der Waals surface area contributed by atoms with Gasteiger partial charge in [-0.15, -0.1) is 0 Å². The zero-order valence-electron chi connectivity index (χ0n) is 17.3. The minimum absolute atomic E-state index is 0.0357. The number of hydrogen-bond donors (Lipinski definition) is 3. The van der Waals surface area contributed by atoms with E-state index < -0.39 is 55.9 Å². The Morgan fingerprint density at radius 2 is 2.06 bits per heavy atom. The zero-order chi connectivity index (χ0) is 24.5. The van der Waals surface area contributed by atoms with E-state index in [4.69, 9.17) is 23.8 Å². The Kier molecular flexibility index (Phi) is 7.10. The molecular formula is C18H19BrN5O9P. The first-order valence-corrected chi connectivity index (χ1v) is 12.2. The molecule has 1 aromatic carbocycles. The molecule has 0 amide bonds. The molecule has 2 aliphatic rings. The van der Waals surface area contributed by atoms with Crippen LogP contribution < -0.4 is 11.2 Å². The fraction of sp³-hybridized carbons (Fsp3) is 0.444. The lowest BCUT2D eigenvalue weighted by atomic mass is 10.1. The van der Waals surface area contributed by atoms with Crippen molar-refractivity contribution in [2.24, 2.45) is 5.11 Å². The highest BCUT2D eigenvalue weighted by Gasteiger charge is 2.56. The molecule has 4 rings (SSSR count). The first-order valence-electron chi connectivity index (χ1n) is 9.91. The molecule has 0 unspecified atom stereocenters. The number of rotatable bonds is 6. The minimum atomic E-state index is -4.20. The van der Waals surface area contributed by atoms with E-state index in [1.165, 1.54) is 0 Å². The Labute approximate surface area is 199 Å². The second-order valence-corrected chi connectivity index (χ2v) is 10.0. The van der Waals surface area contributed by atoms with Gasteiger partial charge in [0.25, 0.3) is 5.56 Å². The molecule has 2 saturated heterocycles.